The fraction of sp³-hybridized carbons (Fsp3) is 0.200. The second kappa shape index (κ2) is 9.30. The van der Waals surface area contributed by atoms with Gasteiger partial charge in [0.15, 0.2) is 0 Å². The van der Waals surface area contributed by atoms with Gasteiger partial charge >= 0.3 is 0 Å². The van der Waals surface area contributed by atoms with Crippen molar-refractivity contribution >= 4 is 17.9 Å². The van der Waals surface area contributed by atoms with Gasteiger partial charge in [0.1, 0.15) is 5.70 Å². The Hall–Kier alpha value is -2.88. The Bertz CT molecular complexity index is 694. The van der Waals surface area contributed by atoms with E-state index >= 15 is 0 Å². The summed E-state index contributed by atoms with van der Waals surface area (Å²) in [5, 5.41) is 5.56. The molecule has 0 spiro atoms. The van der Waals surface area contributed by atoms with Gasteiger partial charge in [-0.1, -0.05) is 61.9 Å². The first kappa shape index (κ1) is 17.5. The summed E-state index contributed by atoms with van der Waals surface area (Å²) in [7, 11) is 0. The zero-order valence-electron chi connectivity index (χ0n) is 13.8. The molecule has 4 heteroatoms. The number of carbonyl (C=O) groups is 2. The largest absolute Gasteiger partial charge is 0.351 e. The van der Waals surface area contributed by atoms with E-state index in [-0.39, 0.29) is 17.5 Å². The van der Waals surface area contributed by atoms with Gasteiger partial charge in [0.25, 0.3) is 11.8 Å². The van der Waals surface area contributed by atoms with Crippen molar-refractivity contribution in [2.75, 3.05) is 6.54 Å². The summed E-state index contributed by atoms with van der Waals surface area (Å²) < 4.78 is 0. The van der Waals surface area contributed by atoms with Gasteiger partial charge in [0.05, 0.1) is 0 Å². The lowest BCUT2D eigenvalue weighted by Crippen LogP contribution is -2.35. The average molecular weight is 322 g/mol. The van der Waals surface area contributed by atoms with Crippen LogP contribution in [0.25, 0.3) is 6.08 Å². The molecule has 4 nitrogen and oxygen atoms in total. The van der Waals surface area contributed by atoms with Crippen LogP contribution in [0.15, 0.2) is 66.4 Å². The van der Waals surface area contributed by atoms with E-state index in [9.17, 15) is 9.59 Å². The highest BCUT2D eigenvalue weighted by Gasteiger charge is 2.14. The van der Waals surface area contributed by atoms with E-state index in [2.05, 4.69) is 17.6 Å². The van der Waals surface area contributed by atoms with Crippen molar-refractivity contribution in [3.05, 3.63) is 77.5 Å². The zero-order chi connectivity index (χ0) is 17.2. The minimum absolute atomic E-state index is 0.242. The molecule has 0 aliphatic heterocycles. The summed E-state index contributed by atoms with van der Waals surface area (Å²) in [6.45, 7) is 2.65. The number of rotatable bonds is 7. The topological polar surface area (TPSA) is 58.2 Å². The summed E-state index contributed by atoms with van der Waals surface area (Å²) in [6.07, 6.45) is 3.58. The summed E-state index contributed by atoms with van der Waals surface area (Å²) in [6, 6.07) is 18.3. The molecule has 2 aromatic rings. The third kappa shape index (κ3) is 5.39. The van der Waals surface area contributed by atoms with Crippen molar-refractivity contribution < 1.29 is 9.59 Å². The van der Waals surface area contributed by atoms with Crippen LogP contribution in [0.3, 0.4) is 0 Å². The Morgan fingerprint density at radius 2 is 1.58 bits per heavy atom. The normalized spacial score (nSPS) is 11.0. The summed E-state index contributed by atoms with van der Waals surface area (Å²) in [5.74, 6) is -0.583. The number of hydrogen-bond donors (Lipinski definition) is 2. The van der Waals surface area contributed by atoms with Crippen LogP contribution >= 0.6 is 0 Å². The van der Waals surface area contributed by atoms with Crippen molar-refractivity contribution in [1.82, 2.24) is 10.6 Å². The van der Waals surface area contributed by atoms with E-state index in [1.54, 1.807) is 30.3 Å². The molecule has 2 rings (SSSR count). The third-order valence-corrected chi connectivity index (χ3v) is 3.46. The van der Waals surface area contributed by atoms with Gasteiger partial charge in [-0.2, -0.15) is 0 Å². The van der Waals surface area contributed by atoms with Crippen LogP contribution in [0, 0.1) is 0 Å². The van der Waals surface area contributed by atoms with Crippen molar-refractivity contribution in [3.8, 4) is 0 Å². The van der Waals surface area contributed by atoms with E-state index in [1.807, 2.05) is 36.4 Å². The standard InChI is InChI=1S/C20H22N2O2/c1-2-3-14-21-20(24)18(15-16-10-6-4-7-11-16)22-19(23)17-12-8-5-9-13-17/h4-13,15H,2-3,14H2,1H3,(H,21,24)(H,22,23). The fourth-order valence-electron chi connectivity index (χ4n) is 2.13. The molecule has 124 valence electrons. The van der Waals surface area contributed by atoms with Crippen LogP contribution in [0.1, 0.15) is 35.7 Å². The van der Waals surface area contributed by atoms with E-state index in [0.29, 0.717) is 12.1 Å². The van der Waals surface area contributed by atoms with Crippen molar-refractivity contribution in [1.29, 1.82) is 0 Å². The Morgan fingerprint density at radius 1 is 0.958 bits per heavy atom. The molecule has 2 N–H and O–H groups in total. The summed E-state index contributed by atoms with van der Waals surface area (Å²) in [5.41, 5.74) is 1.61. The monoisotopic (exact) mass is 322 g/mol. The maximum absolute atomic E-state index is 12.4. The molecule has 24 heavy (non-hydrogen) atoms. The number of benzene rings is 2. The van der Waals surface area contributed by atoms with E-state index < -0.39 is 0 Å². The molecule has 2 amide bonds. The smallest absolute Gasteiger partial charge is 0.267 e. The van der Waals surface area contributed by atoms with E-state index in [4.69, 9.17) is 0 Å². The molecule has 0 aliphatic carbocycles. The molecule has 0 saturated carbocycles. The Balaban J connectivity index is 2.17. The molecule has 0 radical (unpaired) electrons. The zero-order valence-corrected chi connectivity index (χ0v) is 13.8. The number of nitrogens with one attached hydrogen (secondary N) is 2. The molecule has 0 bridgehead atoms. The van der Waals surface area contributed by atoms with Gasteiger partial charge in [-0.25, -0.2) is 0 Å². The van der Waals surface area contributed by atoms with Crippen molar-refractivity contribution in [3.63, 3.8) is 0 Å². The molecule has 0 fully saturated rings. The highest BCUT2D eigenvalue weighted by molar-refractivity contribution is 6.05. The molecule has 0 aromatic heterocycles. The lowest BCUT2D eigenvalue weighted by atomic mass is 10.1. The highest BCUT2D eigenvalue weighted by atomic mass is 16.2. The SMILES string of the molecule is CCCCNC(=O)C(=Cc1ccccc1)NC(=O)c1ccccc1. The minimum atomic E-state index is -0.302. The average Bonchev–Trinajstić information content (AvgIpc) is 2.63. The van der Waals surface area contributed by atoms with Crippen LogP contribution in [0.4, 0.5) is 0 Å². The fourth-order valence-corrected chi connectivity index (χ4v) is 2.13. The molecule has 0 atom stereocenters. The molecule has 0 unspecified atom stereocenters. The molecular weight excluding hydrogens is 300 g/mol. The van der Waals surface area contributed by atoms with Crippen molar-refractivity contribution in [2.45, 2.75) is 19.8 Å². The highest BCUT2D eigenvalue weighted by Crippen LogP contribution is 2.07. The van der Waals surface area contributed by atoms with Gasteiger partial charge in [-0.15, -0.1) is 0 Å². The van der Waals surface area contributed by atoms with Crippen LogP contribution in [-0.2, 0) is 4.79 Å². The van der Waals surface area contributed by atoms with Crippen LogP contribution in [0.2, 0.25) is 0 Å². The molecule has 0 heterocycles. The van der Waals surface area contributed by atoms with Crippen LogP contribution in [-0.4, -0.2) is 18.4 Å². The van der Waals surface area contributed by atoms with Gasteiger partial charge in [-0.05, 0) is 30.2 Å². The second-order valence-corrected chi connectivity index (χ2v) is 5.40. The van der Waals surface area contributed by atoms with Crippen molar-refractivity contribution in [2.24, 2.45) is 0 Å². The molecule has 0 saturated heterocycles. The predicted octanol–water partition coefficient (Wildman–Crippen LogP) is 3.37. The maximum Gasteiger partial charge on any atom is 0.267 e. The van der Waals surface area contributed by atoms with Gasteiger partial charge in [0.2, 0.25) is 0 Å². The molecule has 0 aliphatic rings. The lowest BCUT2D eigenvalue weighted by Gasteiger charge is -2.11. The van der Waals surface area contributed by atoms with Gasteiger partial charge in [0, 0.05) is 12.1 Å². The molecular formula is C20H22N2O2. The van der Waals surface area contributed by atoms with Crippen LogP contribution in [0.5, 0.6) is 0 Å². The number of amides is 2. The first-order valence-corrected chi connectivity index (χ1v) is 8.12. The Morgan fingerprint density at radius 3 is 2.21 bits per heavy atom. The molecule has 2 aromatic carbocycles. The number of unbranched alkanes of at least 4 members (excludes halogenated alkanes) is 1. The van der Waals surface area contributed by atoms with Gasteiger partial charge in [-0.3, -0.25) is 9.59 Å². The third-order valence-electron chi connectivity index (χ3n) is 3.46. The first-order chi connectivity index (χ1) is 11.7. The first-order valence-electron chi connectivity index (χ1n) is 8.12. The van der Waals surface area contributed by atoms with Gasteiger partial charge < -0.3 is 10.6 Å². The van der Waals surface area contributed by atoms with E-state index in [0.717, 1.165) is 18.4 Å². The Labute approximate surface area is 142 Å². The second-order valence-electron chi connectivity index (χ2n) is 5.40. The Kier molecular flexibility index (Phi) is 6.77. The van der Waals surface area contributed by atoms with E-state index in [1.165, 1.54) is 0 Å². The number of hydrogen-bond acceptors (Lipinski definition) is 2. The lowest BCUT2D eigenvalue weighted by molar-refractivity contribution is -0.117. The quantitative estimate of drug-likeness (QED) is 0.606. The van der Waals surface area contributed by atoms with Crippen LogP contribution < -0.4 is 10.6 Å². The summed E-state index contributed by atoms with van der Waals surface area (Å²) >= 11 is 0. The summed E-state index contributed by atoms with van der Waals surface area (Å²) in [4.78, 5) is 24.7. The predicted molar refractivity (Wildman–Crippen MR) is 96.2 cm³/mol. The maximum atomic E-state index is 12.4. The minimum Gasteiger partial charge on any atom is -0.351 e. The number of carbonyl (C=O) groups excluding carboxylic acids is 2.